The lowest BCUT2D eigenvalue weighted by Gasteiger charge is -2.36. The van der Waals surface area contributed by atoms with Crippen LogP contribution in [-0.4, -0.2) is 68.3 Å². The van der Waals surface area contributed by atoms with Crippen molar-refractivity contribution in [1.29, 1.82) is 0 Å². The Hall–Kier alpha value is -5.29. The first-order valence-electron chi connectivity index (χ1n) is 15.8. The van der Waals surface area contributed by atoms with Gasteiger partial charge < -0.3 is 19.1 Å². The molecule has 2 N–H and O–H groups in total. The maximum absolute atomic E-state index is 16.1. The lowest BCUT2D eigenvalue weighted by atomic mass is 9.92. The molecule has 52 heavy (non-hydrogen) atoms. The Morgan fingerprint density at radius 2 is 1.65 bits per heavy atom. The number of anilines is 1. The van der Waals surface area contributed by atoms with E-state index in [0.29, 0.717) is 5.39 Å². The molecule has 0 bridgehead atoms. The van der Waals surface area contributed by atoms with E-state index in [1.54, 1.807) is 30.5 Å². The highest BCUT2D eigenvalue weighted by Crippen LogP contribution is 2.45. The van der Waals surface area contributed by atoms with Crippen LogP contribution >= 0.6 is 0 Å². The van der Waals surface area contributed by atoms with Crippen molar-refractivity contribution in [3.8, 4) is 11.5 Å². The number of rotatable bonds is 10. The van der Waals surface area contributed by atoms with Crippen molar-refractivity contribution < 1.29 is 54.6 Å². The van der Waals surface area contributed by atoms with Gasteiger partial charge in [0.05, 0.1) is 42.0 Å². The molecule has 5 rings (SSSR count). The van der Waals surface area contributed by atoms with Gasteiger partial charge in [0.2, 0.25) is 0 Å². The number of carbonyl (C=O) groups is 3. The molecule has 1 fully saturated rings. The molecule has 17 heteroatoms. The van der Waals surface area contributed by atoms with Crippen molar-refractivity contribution in [2.24, 2.45) is 11.8 Å². The zero-order valence-electron chi connectivity index (χ0n) is 28.3. The lowest BCUT2D eigenvalue weighted by Crippen LogP contribution is -2.47. The number of carbonyl (C=O) groups excluding carboxylic acids is 3. The van der Waals surface area contributed by atoms with Gasteiger partial charge in [-0.1, -0.05) is 24.3 Å². The first kappa shape index (κ1) is 38.0. The topological polar surface area (TPSA) is 158 Å². The molecule has 1 aliphatic heterocycles. The van der Waals surface area contributed by atoms with Crippen LogP contribution in [-0.2, 0) is 29.0 Å². The van der Waals surface area contributed by atoms with Gasteiger partial charge in [0, 0.05) is 36.0 Å². The number of ether oxygens (including phenoxy) is 3. The van der Waals surface area contributed by atoms with Crippen LogP contribution in [0.5, 0.6) is 11.5 Å². The predicted octanol–water partition coefficient (Wildman–Crippen LogP) is 5.22. The molecule has 0 saturated carbocycles. The SMILES string of the molecule is COc1cc(F)c([C@@H](C(=O)N2CCC(C(=O)OC(=O)C(F)(F)F)C2c2ccccc2S(=O)(=O)C(C)C)N(N)c2ccc3cnccc3c2)cc1OC. The van der Waals surface area contributed by atoms with Crippen LogP contribution in [0, 0.1) is 11.7 Å². The number of nitrogens with zero attached hydrogens (tertiary/aromatic N) is 3. The number of sulfone groups is 1. The normalized spacial score (nSPS) is 16.8. The fraction of sp³-hybridized carbons (Fsp3) is 0.314. The highest BCUT2D eigenvalue weighted by molar-refractivity contribution is 7.92. The second-order valence-electron chi connectivity index (χ2n) is 12.2. The Kier molecular flexibility index (Phi) is 10.8. The largest absolute Gasteiger partial charge is 0.493 e. The Labute approximate surface area is 295 Å². The number of aromatic nitrogens is 1. The second kappa shape index (κ2) is 14.7. The van der Waals surface area contributed by atoms with Gasteiger partial charge in [0.25, 0.3) is 5.91 Å². The monoisotopic (exact) mass is 746 g/mol. The number of hydrogen-bond acceptors (Lipinski definition) is 11. The summed E-state index contributed by atoms with van der Waals surface area (Å²) < 4.78 is 97.5. The minimum Gasteiger partial charge on any atom is -0.493 e. The van der Waals surface area contributed by atoms with Crippen LogP contribution in [0.25, 0.3) is 10.8 Å². The molecule has 3 aromatic carbocycles. The molecule has 4 aromatic rings. The van der Waals surface area contributed by atoms with E-state index >= 15 is 4.39 Å². The van der Waals surface area contributed by atoms with Gasteiger partial charge in [-0.2, -0.15) is 13.2 Å². The van der Waals surface area contributed by atoms with Crippen molar-refractivity contribution >= 4 is 44.1 Å². The number of halogens is 4. The van der Waals surface area contributed by atoms with Crippen molar-refractivity contribution in [3.63, 3.8) is 0 Å². The fourth-order valence-electron chi connectivity index (χ4n) is 6.15. The number of methoxy groups -OCH3 is 2. The highest BCUT2D eigenvalue weighted by atomic mass is 32.2. The second-order valence-corrected chi connectivity index (χ2v) is 14.6. The lowest BCUT2D eigenvalue weighted by molar-refractivity contribution is -0.203. The van der Waals surface area contributed by atoms with E-state index in [2.05, 4.69) is 9.72 Å². The number of hydrogen-bond donors (Lipinski definition) is 1. The third-order valence-electron chi connectivity index (χ3n) is 8.81. The summed E-state index contributed by atoms with van der Waals surface area (Å²) in [7, 11) is -1.57. The van der Waals surface area contributed by atoms with Crippen molar-refractivity contribution in [2.75, 3.05) is 25.8 Å². The number of pyridine rings is 1. The third-order valence-corrected chi connectivity index (χ3v) is 11.0. The first-order chi connectivity index (χ1) is 24.5. The summed E-state index contributed by atoms with van der Waals surface area (Å²) >= 11 is 0. The van der Waals surface area contributed by atoms with Crippen LogP contribution in [0.3, 0.4) is 0 Å². The summed E-state index contributed by atoms with van der Waals surface area (Å²) in [4.78, 5) is 44.8. The number of amides is 1. The Bertz CT molecular complexity index is 2130. The van der Waals surface area contributed by atoms with Crippen molar-refractivity contribution in [3.05, 3.63) is 90.0 Å². The molecule has 276 valence electrons. The molecule has 2 heterocycles. The Morgan fingerprint density at radius 3 is 2.31 bits per heavy atom. The van der Waals surface area contributed by atoms with E-state index < -0.39 is 62.9 Å². The van der Waals surface area contributed by atoms with Crippen molar-refractivity contribution in [1.82, 2.24) is 9.88 Å². The number of esters is 2. The summed E-state index contributed by atoms with van der Waals surface area (Å²) in [6, 6.07) is 10.7. The standard InChI is InChI=1S/C35H34F4N4O8S/c1-19(2)52(47,48)29-8-6-5-7-23(29)30-24(33(45)51-34(46)35(37,38)39)12-14-42(30)32(44)31(25-16-27(49-3)28(50-4)17-26(25)36)43(40)22-10-9-21-18-41-13-11-20(21)15-22/h5-11,13,15-19,24,30-31H,12,14,40H2,1-4H3/t24?,30?,31-/m0/s1. The minimum atomic E-state index is -5.52. The Balaban J connectivity index is 1.71. The molecule has 0 aliphatic carbocycles. The summed E-state index contributed by atoms with van der Waals surface area (Å²) in [6.07, 6.45) is -2.75. The van der Waals surface area contributed by atoms with Crippen molar-refractivity contribution in [2.45, 2.75) is 48.7 Å². The van der Waals surface area contributed by atoms with Crippen LogP contribution in [0.2, 0.25) is 0 Å². The van der Waals surface area contributed by atoms with E-state index in [9.17, 15) is 36.0 Å². The molecule has 1 aromatic heterocycles. The molecule has 12 nitrogen and oxygen atoms in total. The summed E-state index contributed by atoms with van der Waals surface area (Å²) in [5, 5.41) is 1.36. The molecule has 3 atom stereocenters. The van der Waals surface area contributed by atoms with E-state index in [4.69, 9.17) is 15.3 Å². The maximum atomic E-state index is 16.1. The number of alkyl halides is 3. The summed E-state index contributed by atoms with van der Waals surface area (Å²) in [5.41, 5.74) is -0.228. The first-order valence-corrected chi connectivity index (χ1v) is 17.3. The molecular formula is C35H34F4N4O8S. The van der Waals surface area contributed by atoms with E-state index in [0.717, 1.165) is 21.4 Å². The van der Waals surface area contributed by atoms with Gasteiger partial charge >= 0.3 is 18.1 Å². The van der Waals surface area contributed by atoms with Gasteiger partial charge in [-0.25, -0.2) is 23.4 Å². The maximum Gasteiger partial charge on any atom is 0.491 e. The summed E-state index contributed by atoms with van der Waals surface area (Å²) in [6.45, 7) is 2.45. The number of hydrazine groups is 1. The van der Waals surface area contributed by atoms with Gasteiger partial charge in [-0.05, 0) is 61.5 Å². The number of nitrogens with two attached hydrogens (primary N) is 1. The number of fused-ring (bicyclic) bond motifs is 1. The number of likely N-dealkylation sites (tertiary alicyclic amines) is 1. The van der Waals surface area contributed by atoms with Gasteiger partial charge in [0.1, 0.15) is 5.82 Å². The van der Waals surface area contributed by atoms with Crippen LogP contribution < -0.4 is 20.3 Å². The van der Waals surface area contributed by atoms with E-state index in [1.807, 2.05) is 0 Å². The van der Waals surface area contributed by atoms with Crippen LogP contribution in [0.15, 0.2) is 78.0 Å². The molecule has 1 saturated heterocycles. The van der Waals surface area contributed by atoms with Gasteiger partial charge in [-0.3, -0.25) is 19.6 Å². The molecular weight excluding hydrogens is 712 g/mol. The fourth-order valence-corrected chi connectivity index (χ4v) is 7.45. The Morgan fingerprint density at radius 1 is 0.981 bits per heavy atom. The van der Waals surface area contributed by atoms with E-state index in [-0.39, 0.29) is 46.2 Å². The highest BCUT2D eigenvalue weighted by Gasteiger charge is 2.50. The van der Waals surface area contributed by atoms with E-state index in [1.165, 1.54) is 64.6 Å². The average Bonchev–Trinajstić information content (AvgIpc) is 3.56. The summed E-state index contributed by atoms with van der Waals surface area (Å²) in [5.74, 6) is -1.33. The average molecular weight is 747 g/mol. The number of benzene rings is 3. The minimum absolute atomic E-state index is 0.0132. The van der Waals surface area contributed by atoms with Gasteiger partial charge in [0.15, 0.2) is 27.4 Å². The molecule has 1 aliphatic rings. The van der Waals surface area contributed by atoms with Gasteiger partial charge in [-0.15, -0.1) is 0 Å². The molecule has 0 radical (unpaired) electrons. The smallest absolute Gasteiger partial charge is 0.491 e. The molecule has 2 unspecified atom stereocenters. The zero-order chi connectivity index (χ0) is 38.1. The molecule has 0 spiro atoms. The molecule has 1 amide bonds. The third kappa shape index (κ3) is 7.23. The zero-order valence-corrected chi connectivity index (χ0v) is 29.1. The predicted molar refractivity (Wildman–Crippen MR) is 179 cm³/mol. The quantitative estimate of drug-likeness (QED) is 0.0746. The van der Waals surface area contributed by atoms with Crippen LogP contribution in [0.4, 0.5) is 23.2 Å². The van der Waals surface area contributed by atoms with Crippen LogP contribution in [0.1, 0.15) is 43.5 Å².